The minimum Gasteiger partial charge on any atom is -0.454 e. The molecule has 0 saturated carbocycles. The number of fused-ring (bicyclic) bond motifs is 2. The lowest BCUT2D eigenvalue weighted by molar-refractivity contribution is -0.124. The monoisotopic (exact) mass is 337 g/mol. The van der Waals surface area contributed by atoms with E-state index in [2.05, 4.69) is 10.4 Å². The van der Waals surface area contributed by atoms with Crippen LogP contribution in [0.3, 0.4) is 0 Å². The summed E-state index contributed by atoms with van der Waals surface area (Å²) in [5.74, 6) is 1.38. The summed E-state index contributed by atoms with van der Waals surface area (Å²) in [6.07, 6.45) is 0. The van der Waals surface area contributed by atoms with E-state index in [1.54, 1.807) is 4.68 Å². The molecule has 1 N–H and O–H groups in total. The fourth-order valence-corrected chi connectivity index (χ4v) is 3.04. The van der Waals surface area contributed by atoms with Crippen LogP contribution in [0.2, 0.25) is 0 Å². The van der Waals surface area contributed by atoms with Gasteiger partial charge < -0.3 is 14.8 Å². The molecule has 1 atom stereocenters. The number of hydrogen-bond acceptors (Lipinski definition) is 4. The Balaban J connectivity index is 1.49. The zero-order valence-electron chi connectivity index (χ0n) is 14.2. The predicted molar refractivity (Wildman–Crippen MR) is 93.6 cm³/mol. The molecule has 25 heavy (non-hydrogen) atoms. The number of hydrogen-bond donors (Lipinski definition) is 1. The molecule has 6 heteroatoms. The molecule has 0 saturated heterocycles. The SMILES string of the molecule is Cc1nn([C@H](C)C(=O)NCc2ccc3c(c2)OCO3)c2ccccc12. The standard InChI is InChI=1S/C19H19N3O3/c1-12-15-5-3-4-6-16(15)22(21-12)13(2)19(23)20-10-14-7-8-17-18(9-14)25-11-24-17/h3-9,13H,10-11H2,1-2H3,(H,20,23)/t13-/m1/s1. The number of ether oxygens (including phenoxy) is 2. The van der Waals surface area contributed by atoms with Gasteiger partial charge in [-0.15, -0.1) is 0 Å². The highest BCUT2D eigenvalue weighted by Crippen LogP contribution is 2.32. The van der Waals surface area contributed by atoms with E-state index in [1.165, 1.54) is 0 Å². The van der Waals surface area contributed by atoms with Crippen LogP contribution in [0.1, 0.15) is 24.2 Å². The second-order valence-electron chi connectivity index (χ2n) is 6.13. The second-order valence-corrected chi connectivity index (χ2v) is 6.13. The van der Waals surface area contributed by atoms with Crippen LogP contribution in [0.5, 0.6) is 11.5 Å². The van der Waals surface area contributed by atoms with Crippen molar-refractivity contribution in [1.82, 2.24) is 15.1 Å². The quantitative estimate of drug-likeness (QED) is 0.795. The van der Waals surface area contributed by atoms with Crippen LogP contribution in [-0.2, 0) is 11.3 Å². The maximum atomic E-state index is 12.6. The molecule has 0 bridgehead atoms. The van der Waals surface area contributed by atoms with Gasteiger partial charge in [-0.25, -0.2) is 0 Å². The van der Waals surface area contributed by atoms with Gasteiger partial charge in [0.1, 0.15) is 6.04 Å². The van der Waals surface area contributed by atoms with Crippen LogP contribution < -0.4 is 14.8 Å². The number of nitrogens with one attached hydrogen (secondary N) is 1. The van der Waals surface area contributed by atoms with Crippen LogP contribution >= 0.6 is 0 Å². The second kappa shape index (κ2) is 6.12. The molecule has 1 amide bonds. The van der Waals surface area contributed by atoms with Crippen LogP contribution in [0.15, 0.2) is 42.5 Å². The zero-order chi connectivity index (χ0) is 17.4. The highest BCUT2D eigenvalue weighted by molar-refractivity contribution is 5.86. The number of benzene rings is 2. The minimum absolute atomic E-state index is 0.0779. The molecule has 0 radical (unpaired) electrons. The summed E-state index contributed by atoms with van der Waals surface area (Å²) in [5.41, 5.74) is 2.85. The van der Waals surface area contributed by atoms with Crippen molar-refractivity contribution in [2.24, 2.45) is 0 Å². The van der Waals surface area contributed by atoms with Gasteiger partial charge in [-0.05, 0) is 37.6 Å². The van der Waals surface area contributed by atoms with Crippen molar-refractivity contribution in [1.29, 1.82) is 0 Å². The molecule has 1 aliphatic heterocycles. The van der Waals surface area contributed by atoms with Gasteiger partial charge in [-0.2, -0.15) is 5.10 Å². The molecule has 0 aliphatic carbocycles. The maximum Gasteiger partial charge on any atom is 0.244 e. The van der Waals surface area contributed by atoms with Gasteiger partial charge in [0, 0.05) is 11.9 Å². The Bertz CT molecular complexity index is 948. The number of carbonyl (C=O) groups excluding carboxylic acids is 1. The third-order valence-electron chi connectivity index (χ3n) is 4.45. The number of nitrogens with zero attached hydrogens (tertiary/aromatic N) is 2. The van der Waals surface area contributed by atoms with E-state index in [0.29, 0.717) is 12.3 Å². The fraction of sp³-hybridized carbons (Fsp3) is 0.263. The van der Waals surface area contributed by atoms with Gasteiger partial charge in [0.15, 0.2) is 11.5 Å². The Morgan fingerprint density at radius 2 is 2.04 bits per heavy atom. The zero-order valence-corrected chi connectivity index (χ0v) is 14.2. The molecule has 0 spiro atoms. The van der Waals surface area contributed by atoms with Crippen molar-refractivity contribution in [2.45, 2.75) is 26.4 Å². The van der Waals surface area contributed by atoms with Crippen molar-refractivity contribution in [3.05, 3.63) is 53.7 Å². The molecular formula is C19H19N3O3. The van der Waals surface area contributed by atoms with Crippen LogP contribution in [0.25, 0.3) is 10.9 Å². The van der Waals surface area contributed by atoms with E-state index in [1.807, 2.05) is 56.3 Å². The molecule has 3 aromatic rings. The van der Waals surface area contributed by atoms with E-state index in [4.69, 9.17) is 9.47 Å². The lowest BCUT2D eigenvalue weighted by Gasteiger charge is -2.14. The van der Waals surface area contributed by atoms with Crippen molar-refractivity contribution < 1.29 is 14.3 Å². The minimum atomic E-state index is -0.396. The largest absolute Gasteiger partial charge is 0.454 e. The summed E-state index contributed by atoms with van der Waals surface area (Å²) in [7, 11) is 0. The Hall–Kier alpha value is -3.02. The van der Waals surface area contributed by atoms with Crippen LogP contribution in [0.4, 0.5) is 0 Å². The lowest BCUT2D eigenvalue weighted by atomic mass is 10.2. The van der Waals surface area contributed by atoms with E-state index >= 15 is 0 Å². The molecule has 128 valence electrons. The summed E-state index contributed by atoms with van der Waals surface area (Å²) in [6.45, 7) is 4.48. The Labute approximate surface area is 145 Å². The number of carbonyl (C=O) groups is 1. The summed E-state index contributed by atoms with van der Waals surface area (Å²) >= 11 is 0. The average molecular weight is 337 g/mol. The van der Waals surface area contributed by atoms with Gasteiger partial charge in [0.25, 0.3) is 0 Å². The number of aromatic nitrogens is 2. The Morgan fingerprint density at radius 1 is 1.24 bits per heavy atom. The number of rotatable bonds is 4. The van der Waals surface area contributed by atoms with Crippen molar-refractivity contribution in [3.8, 4) is 11.5 Å². The first-order valence-corrected chi connectivity index (χ1v) is 8.23. The third kappa shape index (κ3) is 2.80. The van der Waals surface area contributed by atoms with Gasteiger partial charge >= 0.3 is 0 Å². The number of aryl methyl sites for hydroxylation is 1. The number of para-hydroxylation sites is 1. The third-order valence-corrected chi connectivity index (χ3v) is 4.45. The molecule has 1 aromatic heterocycles. The van der Waals surface area contributed by atoms with E-state index < -0.39 is 6.04 Å². The first-order valence-electron chi connectivity index (χ1n) is 8.23. The van der Waals surface area contributed by atoms with Gasteiger partial charge in [-0.3, -0.25) is 9.48 Å². The fourth-order valence-electron chi connectivity index (χ4n) is 3.04. The first-order chi connectivity index (χ1) is 12.1. The molecule has 4 rings (SSSR count). The number of amides is 1. The molecule has 1 aliphatic rings. The molecule has 2 heterocycles. The molecule has 0 fully saturated rings. The Morgan fingerprint density at radius 3 is 2.92 bits per heavy atom. The van der Waals surface area contributed by atoms with Gasteiger partial charge in [0.05, 0.1) is 11.2 Å². The summed E-state index contributed by atoms with van der Waals surface area (Å²) in [4.78, 5) is 12.6. The highest BCUT2D eigenvalue weighted by atomic mass is 16.7. The van der Waals surface area contributed by atoms with E-state index in [-0.39, 0.29) is 12.7 Å². The average Bonchev–Trinajstić information content (AvgIpc) is 3.23. The van der Waals surface area contributed by atoms with Crippen LogP contribution in [-0.4, -0.2) is 22.5 Å². The topological polar surface area (TPSA) is 65.4 Å². The lowest BCUT2D eigenvalue weighted by Crippen LogP contribution is -2.31. The van der Waals surface area contributed by atoms with Crippen molar-refractivity contribution in [3.63, 3.8) is 0 Å². The smallest absolute Gasteiger partial charge is 0.244 e. The van der Waals surface area contributed by atoms with Crippen molar-refractivity contribution >= 4 is 16.8 Å². The maximum absolute atomic E-state index is 12.6. The predicted octanol–water partition coefficient (Wildman–Crippen LogP) is 2.95. The van der Waals surface area contributed by atoms with Gasteiger partial charge in [-0.1, -0.05) is 24.3 Å². The molecular weight excluding hydrogens is 318 g/mol. The Kier molecular flexibility index (Phi) is 3.80. The van der Waals surface area contributed by atoms with Crippen LogP contribution in [0, 0.1) is 6.92 Å². The molecule has 6 nitrogen and oxygen atoms in total. The van der Waals surface area contributed by atoms with E-state index in [9.17, 15) is 4.79 Å². The summed E-state index contributed by atoms with van der Waals surface area (Å²) in [5, 5.41) is 8.57. The van der Waals surface area contributed by atoms with Crippen molar-refractivity contribution in [2.75, 3.05) is 6.79 Å². The van der Waals surface area contributed by atoms with Gasteiger partial charge in [0.2, 0.25) is 12.7 Å². The summed E-state index contributed by atoms with van der Waals surface area (Å²) in [6, 6.07) is 13.2. The summed E-state index contributed by atoms with van der Waals surface area (Å²) < 4.78 is 12.4. The molecule has 0 unspecified atom stereocenters. The molecule has 2 aromatic carbocycles. The normalized spacial score (nSPS) is 13.8. The van der Waals surface area contributed by atoms with E-state index in [0.717, 1.165) is 27.9 Å². The first kappa shape index (κ1) is 15.5. The highest BCUT2D eigenvalue weighted by Gasteiger charge is 2.19.